The molecular weight excluding hydrogens is 250 g/mol. The summed E-state index contributed by atoms with van der Waals surface area (Å²) in [5.74, 6) is 1.93. The van der Waals surface area contributed by atoms with Gasteiger partial charge >= 0.3 is 0 Å². The fourth-order valence-corrected chi connectivity index (χ4v) is 2.76. The highest BCUT2D eigenvalue weighted by atomic mass is 16.5. The van der Waals surface area contributed by atoms with Crippen molar-refractivity contribution in [3.63, 3.8) is 0 Å². The number of fused-ring (bicyclic) bond motifs is 1. The van der Waals surface area contributed by atoms with Gasteiger partial charge < -0.3 is 14.8 Å². The molecule has 1 N–H and O–H groups in total. The molecule has 1 aliphatic heterocycles. The zero-order chi connectivity index (χ0) is 14.6. The number of ether oxygens (including phenoxy) is 2. The van der Waals surface area contributed by atoms with E-state index in [0.717, 1.165) is 43.9 Å². The van der Waals surface area contributed by atoms with E-state index in [1.54, 1.807) is 0 Å². The van der Waals surface area contributed by atoms with Crippen LogP contribution < -0.4 is 14.8 Å². The monoisotopic (exact) mass is 277 g/mol. The standard InChI is InChI=1S/C17H27NO2/c1-5-7-11-19-14-9-8-10-15-16(14)13(18-6-2)12-17(3,4)20-15/h8-10,13,18H,5-7,11-12H2,1-4H3. The number of hydrogen-bond donors (Lipinski definition) is 1. The molecule has 1 unspecified atom stereocenters. The summed E-state index contributed by atoms with van der Waals surface area (Å²) < 4.78 is 12.1. The summed E-state index contributed by atoms with van der Waals surface area (Å²) in [5, 5.41) is 3.57. The van der Waals surface area contributed by atoms with Gasteiger partial charge in [-0.3, -0.25) is 0 Å². The molecule has 3 heteroatoms. The molecule has 0 fully saturated rings. The van der Waals surface area contributed by atoms with Crippen molar-refractivity contribution in [1.29, 1.82) is 0 Å². The summed E-state index contributed by atoms with van der Waals surface area (Å²) in [5.41, 5.74) is 1.05. The molecule has 1 aromatic carbocycles. The Hall–Kier alpha value is -1.22. The maximum atomic E-state index is 6.12. The van der Waals surface area contributed by atoms with Crippen molar-refractivity contribution < 1.29 is 9.47 Å². The van der Waals surface area contributed by atoms with Crippen LogP contribution in [-0.2, 0) is 0 Å². The summed E-state index contributed by atoms with van der Waals surface area (Å²) in [6.07, 6.45) is 3.19. The normalized spacial score (nSPS) is 20.1. The zero-order valence-corrected chi connectivity index (χ0v) is 13.2. The van der Waals surface area contributed by atoms with E-state index in [0.29, 0.717) is 6.04 Å². The largest absolute Gasteiger partial charge is 0.493 e. The summed E-state index contributed by atoms with van der Waals surface area (Å²) in [6, 6.07) is 6.43. The second-order valence-corrected chi connectivity index (χ2v) is 6.05. The average Bonchev–Trinajstić information content (AvgIpc) is 2.37. The van der Waals surface area contributed by atoms with Gasteiger partial charge in [-0.05, 0) is 38.9 Å². The number of benzene rings is 1. The molecule has 0 saturated carbocycles. The van der Waals surface area contributed by atoms with Crippen LogP contribution in [0.25, 0.3) is 0 Å². The molecule has 0 amide bonds. The predicted octanol–water partition coefficient (Wildman–Crippen LogP) is 4.08. The van der Waals surface area contributed by atoms with Crippen LogP contribution in [0.1, 0.15) is 58.6 Å². The first-order valence-corrected chi connectivity index (χ1v) is 7.75. The van der Waals surface area contributed by atoms with E-state index >= 15 is 0 Å². The van der Waals surface area contributed by atoms with E-state index in [1.807, 2.05) is 12.1 Å². The van der Waals surface area contributed by atoms with Gasteiger partial charge in [0.2, 0.25) is 0 Å². The molecule has 0 radical (unpaired) electrons. The molecule has 0 bridgehead atoms. The first-order valence-electron chi connectivity index (χ1n) is 7.75. The number of rotatable bonds is 6. The lowest BCUT2D eigenvalue weighted by atomic mass is 9.89. The van der Waals surface area contributed by atoms with E-state index in [9.17, 15) is 0 Å². The second-order valence-electron chi connectivity index (χ2n) is 6.05. The third-order valence-corrected chi connectivity index (χ3v) is 3.66. The summed E-state index contributed by atoms with van der Waals surface area (Å²) in [6.45, 7) is 10.3. The van der Waals surface area contributed by atoms with E-state index in [-0.39, 0.29) is 5.60 Å². The van der Waals surface area contributed by atoms with Gasteiger partial charge in [-0.2, -0.15) is 0 Å². The van der Waals surface area contributed by atoms with Crippen LogP contribution in [0.3, 0.4) is 0 Å². The molecular formula is C17H27NO2. The van der Waals surface area contributed by atoms with Crippen LogP contribution >= 0.6 is 0 Å². The smallest absolute Gasteiger partial charge is 0.128 e. The third kappa shape index (κ3) is 3.45. The summed E-state index contributed by atoms with van der Waals surface area (Å²) >= 11 is 0. The van der Waals surface area contributed by atoms with Gasteiger partial charge in [0.25, 0.3) is 0 Å². The van der Waals surface area contributed by atoms with Gasteiger partial charge in [0.15, 0.2) is 0 Å². The Morgan fingerprint density at radius 2 is 2.15 bits per heavy atom. The van der Waals surface area contributed by atoms with Crippen molar-refractivity contribution in [3.05, 3.63) is 23.8 Å². The van der Waals surface area contributed by atoms with Gasteiger partial charge in [-0.15, -0.1) is 0 Å². The highest BCUT2D eigenvalue weighted by molar-refractivity contribution is 5.48. The topological polar surface area (TPSA) is 30.5 Å². The maximum Gasteiger partial charge on any atom is 0.128 e. The number of unbranched alkanes of at least 4 members (excludes halogenated alkanes) is 1. The average molecular weight is 277 g/mol. The van der Waals surface area contributed by atoms with Crippen LogP contribution in [0, 0.1) is 0 Å². The molecule has 1 heterocycles. The molecule has 112 valence electrons. The molecule has 1 aliphatic rings. The molecule has 2 rings (SSSR count). The third-order valence-electron chi connectivity index (χ3n) is 3.66. The minimum Gasteiger partial charge on any atom is -0.493 e. The van der Waals surface area contributed by atoms with Gasteiger partial charge in [0.05, 0.1) is 12.2 Å². The van der Waals surface area contributed by atoms with Crippen molar-refractivity contribution in [2.24, 2.45) is 0 Å². The number of hydrogen-bond acceptors (Lipinski definition) is 3. The Morgan fingerprint density at radius 3 is 2.85 bits per heavy atom. The first-order chi connectivity index (χ1) is 9.57. The van der Waals surface area contributed by atoms with Crippen molar-refractivity contribution in [3.8, 4) is 11.5 Å². The molecule has 0 saturated heterocycles. The van der Waals surface area contributed by atoms with Crippen molar-refractivity contribution in [2.75, 3.05) is 13.2 Å². The molecule has 0 aromatic heterocycles. The number of nitrogens with one attached hydrogen (secondary N) is 1. The molecule has 0 spiro atoms. The lowest BCUT2D eigenvalue weighted by Crippen LogP contribution is -2.39. The van der Waals surface area contributed by atoms with E-state index < -0.39 is 0 Å². The highest BCUT2D eigenvalue weighted by Gasteiger charge is 2.35. The molecule has 0 aliphatic carbocycles. The Labute approximate surface area is 122 Å². The zero-order valence-electron chi connectivity index (χ0n) is 13.2. The Morgan fingerprint density at radius 1 is 1.35 bits per heavy atom. The second kappa shape index (κ2) is 6.49. The van der Waals surface area contributed by atoms with Crippen LogP contribution in [0.5, 0.6) is 11.5 Å². The Bertz CT molecular complexity index is 443. The molecule has 20 heavy (non-hydrogen) atoms. The summed E-state index contributed by atoms with van der Waals surface area (Å²) in [7, 11) is 0. The van der Waals surface area contributed by atoms with E-state index in [4.69, 9.17) is 9.47 Å². The Kier molecular flexibility index (Phi) is 4.92. The molecule has 1 aromatic rings. The fourth-order valence-electron chi connectivity index (χ4n) is 2.76. The van der Waals surface area contributed by atoms with Crippen molar-refractivity contribution >= 4 is 0 Å². The molecule has 3 nitrogen and oxygen atoms in total. The van der Waals surface area contributed by atoms with Crippen LogP contribution in [0.4, 0.5) is 0 Å². The van der Waals surface area contributed by atoms with Crippen molar-refractivity contribution in [2.45, 2.75) is 58.6 Å². The lowest BCUT2D eigenvalue weighted by molar-refractivity contribution is 0.0647. The highest BCUT2D eigenvalue weighted by Crippen LogP contribution is 2.44. The van der Waals surface area contributed by atoms with Gasteiger partial charge in [0.1, 0.15) is 17.1 Å². The lowest BCUT2D eigenvalue weighted by Gasteiger charge is -2.38. The predicted molar refractivity (Wildman–Crippen MR) is 82.6 cm³/mol. The molecule has 1 atom stereocenters. The fraction of sp³-hybridized carbons (Fsp3) is 0.647. The quantitative estimate of drug-likeness (QED) is 0.795. The van der Waals surface area contributed by atoms with E-state index in [1.165, 1.54) is 5.56 Å². The first kappa shape index (κ1) is 15.2. The summed E-state index contributed by atoms with van der Waals surface area (Å²) in [4.78, 5) is 0. The van der Waals surface area contributed by atoms with Gasteiger partial charge in [-0.25, -0.2) is 0 Å². The van der Waals surface area contributed by atoms with Gasteiger partial charge in [-0.1, -0.05) is 26.3 Å². The van der Waals surface area contributed by atoms with E-state index in [2.05, 4.69) is 39.1 Å². The maximum absolute atomic E-state index is 6.12. The minimum atomic E-state index is -0.137. The minimum absolute atomic E-state index is 0.137. The van der Waals surface area contributed by atoms with Gasteiger partial charge in [0, 0.05) is 12.5 Å². The van der Waals surface area contributed by atoms with Crippen LogP contribution in [-0.4, -0.2) is 18.8 Å². The Balaban J connectivity index is 2.28. The SMILES string of the molecule is CCCCOc1cccc2c1C(NCC)CC(C)(C)O2. The van der Waals surface area contributed by atoms with Crippen LogP contribution in [0.2, 0.25) is 0 Å². The van der Waals surface area contributed by atoms with Crippen LogP contribution in [0.15, 0.2) is 18.2 Å². The van der Waals surface area contributed by atoms with Crippen molar-refractivity contribution in [1.82, 2.24) is 5.32 Å².